The number of hydrogen-bond donors (Lipinski definition) is 2. The highest BCUT2D eigenvalue weighted by molar-refractivity contribution is 5.90. The van der Waals surface area contributed by atoms with Gasteiger partial charge in [-0.3, -0.25) is 0 Å². The number of rotatable bonds is 2. The van der Waals surface area contributed by atoms with E-state index in [1.54, 1.807) is 6.07 Å². The van der Waals surface area contributed by atoms with Crippen LogP contribution in [0.1, 0.15) is 22.7 Å². The molecule has 0 unspecified atom stereocenters. The van der Waals surface area contributed by atoms with Crippen molar-refractivity contribution in [2.75, 3.05) is 31.5 Å². The number of piperazine rings is 1. The molecule has 2 N–H and O–H groups in total. The summed E-state index contributed by atoms with van der Waals surface area (Å²) in [5.41, 5.74) is 6.80. The van der Waals surface area contributed by atoms with E-state index in [4.69, 9.17) is 0 Å². The third-order valence-corrected chi connectivity index (χ3v) is 6.38. The number of nitrogens with zero attached hydrogens (tertiary/aromatic N) is 1. The van der Waals surface area contributed by atoms with Crippen LogP contribution in [-0.4, -0.2) is 37.1 Å². The zero-order valence-electron chi connectivity index (χ0n) is 17.0. The molecule has 3 aromatic carbocycles. The lowest BCUT2D eigenvalue weighted by atomic mass is 10.0. The Balaban J connectivity index is 1.31. The SMILES string of the molecule is Cc1ccc(F)cc1NC(=O)N1CC[NH+](C2c3ccccc3-c3ccccc32)CC1. The Morgan fingerprint density at radius 2 is 1.57 bits per heavy atom. The van der Waals surface area contributed by atoms with E-state index in [9.17, 15) is 9.18 Å². The molecular weight excluding hydrogens is 377 g/mol. The number of nitrogens with one attached hydrogen (secondary N) is 2. The van der Waals surface area contributed by atoms with Crippen LogP contribution in [0.4, 0.5) is 14.9 Å². The van der Waals surface area contributed by atoms with Crippen LogP contribution >= 0.6 is 0 Å². The predicted molar refractivity (Wildman–Crippen MR) is 116 cm³/mol. The second-order valence-electron chi connectivity index (χ2n) is 8.14. The van der Waals surface area contributed by atoms with Crippen LogP contribution in [0.25, 0.3) is 11.1 Å². The van der Waals surface area contributed by atoms with Crippen LogP contribution in [0, 0.1) is 12.7 Å². The maximum absolute atomic E-state index is 13.5. The fraction of sp³-hybridized carbons (Fsp3) is 0.240. The highest BCUT2D eigenvalue weighted by atomic mass is 19.1. The fourth-order valence-corrected chi connectivity index (χ4v) is 4.80. The molecule has 5 heteroatoms. The molecule has 1 aliphatic carbocycles. The third-order valence-electron chi connectivity index (χ3n) is 6.38. The van der Waals surface area contributed by atoms with Crippen molar-refractivity contribution in [3.63, 3.8) is 0 Å². The summed E-state index contributed by atoms with van der Waals surface area (Å²) >= 11 is 0. The molecule has 0 aromatic heterocycles. The summed E-state index contributed by atoms with van der Waals surface area (Å²) in [4.78, 5) is 16.1. The largest absolute Gasteiger partial charge is 0.322 e. The summed E-state index contributed by atoms with van der Waals surface area (Å²) < 4.78 is 13.5. The Morgan fingerprint density at radius 3 is 2.20 bits per heavy atom. The molecule has 152 valence electrons. The van der Waals surface area contributed by atoms with Gasteiger partial charge in [-0.1, -0.05) is 54.6 Å². The number of quaternary nitrogens is 1. The number of anilines is 1. The smallest absolute Gasteiger partial charge is 0.322 e. The molecule has 3 aromatic rings. The van der Waals surface area contributed by atoms with Gasteiger partial charge in [0, 0.05) is 16.8 Å². The number of fused-ring (bicyclic) bond motifs is 3. The zero-order chi connectivity index (χ0) is 20.7. The van der Waals surface area contributed by atoms with Gasteiger partial charge in [0.1, 0.15) is 11.9 Å². The Labute approximate surface area is 175 Å². The van der Waals surface area contributed by atoms with Gasteiger partial charge >= 0.3 is 6.03 Å². The summed E-state index contributed by atoms with van der Waals surface area (Å²) in [6.07, 6.45) is 0. The Morgan fingerprint density at radius 1 is 0.967 bits per heavy atom. The quantitative estimate of drug-likeness (QED) is 0.675. The minimum atomic E-state index is -0.344. The molecule has 1 aliphatic heterocycles. The first kappa shape index (κ1) is 18.8. The molecule has 0 bridgehead atoms. The van der Waals surface area contributed by atoms with Crippen LogP contribution in [0.3, 0.4) is 0 Å². The maximum Gasteiger partial charge on any atom is 0.322 e. The number of carbonyl (C=O) groups is 1. The van der Waals surface area contributed by atoms with Gasteiger partial charge in [0.05, 0.1) is 26.2 Å². The monoisotopic (exact) mass is 402 g/mol. The van der Waals surface area contributed by atoms with E-state index in [0.29, 0.717) is 24.8 Å². The maximum atomic E-state index is 13.5. The highest BCUT2D eigenvalue weighted by Gasteiger charge is 2.38. The minimum absolute atomic E-state index is 0.157. The first-order valence-corrected chi connectivity index (χ1v) is 10.5. The zero-order valence-corrected chi connectivity index (χ0v) is 17.0. The molecule has 2 aliphatic rings. The van der Waals surface area contributed by atoms with Crippen LogP contribution in [0.15, 0.2) is 66.7 Å². The average Bonchev–Trinajstić information content (AvgIpc) is 3.11. The van der Waals surface area contributed by atoms with Gasteiger partial charge in [-0.25, -0.2) is 9.18 Å². The summed E-state index contributed by atoms with van der Waals surface area (Å²) in [5, 5.41) is 2.87. The van der Waals surface area contributed by atoms with E-state index in [0.717, 1.165) is 18.7 Å². The molecule has 1 fully saturated rings. The average molecular weight is 402 g/mol. The molecule has 5 rings (SSSR count). The van der Waals surface area contributed by atoms with Gasteiger partial charge in [-0.15, -0.1) is 0 Å². The van der Waals surface area contributed by atoms with E-state index in [2.05, 4.69) is 53.8 Å². The lowest BCUT2D eigenvalue weighted by molar-refractivity contribution is -0.928. The summed E-state index contributed by atoms with van der Waals surface area (Å²) in [6, 6.07) is 21.9. The third kappa shape index (κ3) is 3.25. The summed E-state index contributed by atoms with van der Waals surface area (Å²) in [5.74, 6) is -0.344. The van der Waals surface area contributed by atoms with Crippen molar-refractivity contribution >= 4 is 11.7 Å². The molecule has 0 atom stereocenters. The first-order valence-electron chi connectivity index (χ1n) is 10.5. The second-order valence-corrected chi connectivity index (χ2v) is 8.14. The summed E-state index contributed by atoms with van der Waals surface area (Å²) in [6.45, 7) is 4.98. The minimum Gasteiger partial charge on any atom is -0.322 e. The highest BCUT2D eigenvalue weighted by Crippen LogP contribution is 2.41. The molecule has 30 heavy (non-hydrogen) atoms. The van der Waals surface area contributed by atoms with Gasteiger partial charge in [-0.05, 0) is 35.7 Å². The number of benzene rings is 3. The fourth-order valence-electron chi connectivity index (χ4n) is 4.80. The van der Waals surface area contributed by atoms with Crippen LogP contribution in [-0.2, 0) is 0 Å². The van der Waals surface area contributed by atoms with Gasteiger partial charge in [0.25, 0.3) is 0 Å². The van der Waals surface area contributed by atoms with E-state index >= 15 is 0 Å². The standard InChI is InChI=1S/C25H24FN3O/c1-17-10-11-18(26)16-23(17)27-25(30)29-14-12-28(13-15-29)24-21-8-4-2-6-19(21)20-7-3-5-9-22(20)24/h2-11,16,24H,12-15H2,1H3,(H,27,30)/p+1. The first-order chi connectivity index (χ1) is 14.6. The van der Waals surface area contributed by atoms with Crippen molar-refractivity contribution in [1.82, 2.24) is 4.90 Å². The molecule has 2 amide bonds. The van der Waals surface area contributed by atoms with Gasteiger partial charge < -0.3 is 15.1 Å². The van der Waals surface area contributed by atoms with Crippen LogP contribution in [0.2, 0.25) is 0 Å². The van der Waals surface area contributed by atoms with E-state index in [1.165, 1.54) is 39.3 Å². The van der Waals surface area contributed by atoms with E-state index < -0.39 is 0 Å². The topological polar surface area (TPSA) is 36.8 Å². The lowest BCUT2D eigenvalue weighted by Crippen LogP contribution is -3.15. The van der Waals surface area contributed by atoms with Crippen molar-refractivity contribution in [3.8, 4) is 11.1 Å². The number of urea groups is 1. The second kappa shape index (κ2) is 7.58. The Hall–Kier alpha value is -3.18. The number of carbonyl (C=O) groups excluding carboxylic acids is 1. The van der Waals surface area contributed by atoms with Crippen LogP contribution in [0.5, 0.6) is 0 Å². The number of aryl methyl sites for hydroxylation is 1. The molecule has 4 nitrogen and oxygen atoms in total. The molecular formula is C25H25FN3O+. The Bertz CT molecular complexity index is 1060. The van der Waals surface area contributed by atoms with E-state index in [1.807, 2.05) is 11.8 Å². The number of amides is 2. The van der Waals surface area contributed by atoms with Crippen molar-refractivity contribution in [3.05, 3.63) is 89.2 Å². The number of hydrogen-bond acceptors (Lipinski definition) is 1. The van der Waals surface area contributed by atoms with Gasteiger partial charge in [-0.2, -0.15) is 0 Å². The van der Waals surface area contributed by atoms with Crippen molar-refractivity contribution in [1.29, 1.82) is 0 Å². The van der Waals surface area contributed by atoms with Gasteiger partial charge in [0.2, 0.25) is 0 Å². The molecule has 1 heterocycles. The van der Waals surface area contributed by atoms with Gasteiger partial charge in [0.15, 0.2) is 0 Å². The molecule has 0 spiro atoms. The molecule has 0 radical (unpaired) electrons. The predicted octanol–water partition coefficient (Wildman–Crippen LogP) is 3.64. The molecule has 0 saturated carbocycles. The summed E-state index contributed by atoms with van der Waals surface area (Å²) in [7, 11) is 0. The lowest BCUT2D eigenvalue weighted by Gasteiger charge is -2.36. The molecule has 1 saturated heterocycles. The van der Waals surface area contributed by atoms with E-state index in [-0.39, 0.29) is 11.8 Å². The van der Waals surface area contributed by atoms with Crippen molar-refractivity contribution in [2.24, 2.45) is 0 Å². The van der Waals surface area contributed by atoms with Crippen molar-refractivity contribution in [2.45, 2.75) is 13.0 Å². The Kier molecular flexibility index (Phi) is 4.75. The number of halogens is 1. The van der Waals surface area contributed by atoms with Crippen LogP contribution < -0.4 is 10.2 Å². The normalized spacial score (nSPS) is 16.3. The van der Waals surface area contributed by atoms with Crippen molar-refractivity contribution < 1.29 is 14.1 Å².